The van der Waals surface area contributed by atoms with E-state index in [1.165, 1.54) is 6.07 Å². The lowest BCUT2D eigenvalue weighted by Gasteiger charge is -2.23. The molecule has 1 spiro atoms. The summed E-state index contributed by atoms with van der Waals surface area (Å²) in [6.07, 6.45) is 2.78. The molecule has 0 amide bonds. The van der Waals surface area contributed by atoms with Gasteiger partial charge in [0.25, 0.3) is 0 Å². The molecule has 3 rings (SSSR count). The lowest BCUT2D eigenvalue weighted by atomic mass is 9.96. The molecule has 19 heavy (non-hydrogen) atoms. The number of sulfonamides is 1. The van der Waals surface area contributed by atoms with Crippen molar-refractivity contribution in [2.24, 2.45) is 5.41 Å². The predicted octanol–water partition coefficient (Wildman–Crippen LogP) is 1.12. The molecule has 3 N–H and O–H groups in total. The lowest BCUT2D eigenvalue weighted by Crippen LogP contribution is -2.32. The molecule has 1 atom stereocenters. The Morgan fingerprint density at radius 1 is 1.26 bits per heavy atom. The fraction of sp³-hybridized carbons (Fsp3) is 0.538. The van der Waals surface area contributed by atoms with Crippen LogP contribution in [0.1, 0.15) is 19.3 Å². The van der Waals surface area contributed by atoms with Gasteiger partial charge in [0.05, 0.1) is 5.69 Å². The van der Waals surface area contributed by atoms with E-state index in [0.29, 0.717) is 0 Å². The number of nitrogen functional groups attached to an aromatic ring is 1. The third-order valence-electron chi connectivity index (χ3n) is 4.18. The SMILES string of the molecule is Nc1ccccc1S(=O)(=O)NC1CC12CCOCC2. The molecule has 6 heteroatoms. The molecule has 1 aliphatic carbocycles. The minimum Gasteiger partial charge on any atom is -0.398 e. The average Bonchev–Trinajstić information content (AvgIpc) is 3.01. The second kappa shape index (κ2) is 4.47. The molecule has 0 aromatic heterocycles. The van der Waals surface area contributed by atoms with Crippen LogP contribution in [0.5, 0.6) is 0 Å². The van der Waals surface area contributed by atoms with E-state index < -0.39 is 10.0 Å². The van der Waals surface area contributed by atoms with E-state index in [0.717, 1.165) is 32.5 Å². The first-order chi connectivity index (χ1) is 9.04. The van der Waals surface area contributed by atoms with Gasteiger partial charge in [0.2, 0.25) is 10.0 Å². The Morgan fingerprint density at radius 2 is 1.95 bits per heavy atom. The first kappa shape index (κ1) is 12.9. The van der Waals surface area contributed by atoms with Gasteiger partial charge in [-0.25, -0.2) is 13.1 Å². The summed E-state index contributed by atoms with van der Waals surface area (Å²) in [6, 6.07) is 6.58. The molecule has 1 heterocycles. The first-order valence-corrected chi connectivity index (χ1v) is 7.96. The molecule has 2 aliphatic rings. The Labute approximate surface area is 113 Å². The maximum absolute atomic E-state index is 12.3. The molecule has 104 valence electrons. The van der Waals surface area contributed by atoms with Crippen LogP contribution < -0.4 is 10.5 Å². The van der Waals surface area contributed by atoms with Crippen LogP contribution in [-0.2, 0) is 14.8 Å². The second-order valence-corrected chi connectivity index (χ2v) is 7.07. The predicted molar refractivity (Wildman–Crippen MR) is 72.1 cm³/mol. The van der Waals surface area contributed by atoms with Gasteiger partial charge >= 0.3 is 0 Å². The van der Waals surface area contributed by atoms with Gasteiger partial charge in [0.1, 0.15) is 4.90 Å². The van der Waals surface area contributed by atoms with E-state index in [2.05, 4.69) is 4.72 Å². The summed E-state index contributed by atoms with van der Waals surface area (Å²) in [7, 11) is -3.52. The summed E-state index contributed by atoms with van der Waals surface area (Å²) in [5.41, 5.74) is 6.14. The minimum atomic E-state index is -3.52. The average molecular weight is 282 g/mol. The molecule has 1 aromatic carbocycles. The third kappa shape index (κ3) is 2.35. The number of nitrogens with two attached hydrogens (primary N) is 1. The van der Waals surface area contributed by atoms with Crippen LogP contribution in [0.2, 0.25) is 0 Å². The Hall–Kier alpha value is -1.11. The van der Waals surface area contributed by atoms with Crippen molar-refractivity contribution in [3.05, 3.63) is 24.3 Å². The van der Waals surface area contributed by atoms with Gasteiger partial charge in [-0.2, -0.15) is 0 Å². The van der Waals surface area contributed by atoms with Crippen LogP contribution >= 0.6 is 0 Å². The number of hydrogen-bond acceptors (Lipinski definition) is 4. The Kier molecular flexibility index (Phi) is 3.03. The van der Waals surface area contributed by atoms with Crippen molar-refractivity contribution in [1.82, 2.24) is 4.72 Å². The Balaban J connectivity index is 1.75. The maximum Gasteiger partial charge on any atom is 0.242 e. The fourth-order valence-electron chi connectivity index (χ4n) is 2.82. The number of ether oxygens (including phenoxy) is 1. The number of nitrogens with one attached hydrogen (secondary N) is 1. The number of anilines is 1. The van der Waals surface area contributed by atoms with E-state index in [4.69, 9.17) is 10.5 Å². The van der Waals surface area contributed by atoms with E-state index in [1.807, 2.05) is 0 Å². The smallest absolute Gasteiger partial charge is 0.242 e. The molecular weight excluding hydrogens is 264 g/mol. The van der Waals surface area contributed by atoms with Crippen molar-refractivity contribution in [3.63, 3.8) is 0 Å². The van der Waals surface area contributed by atoms with E-state index in [9.17, 15) is 8.42 Å². The van der Waals surface area contributed by atoms with E-state index >= 15 is 0 Å². The zero-order chi connectivity index (χ0) is 13.5. The van der Waals surface area contributed by atoms with Gasteiger partial charge in [0, 0.05) is 19.3 Å². The molecule has 1 aliphatic heterocycles. The monoisotopic (exact) mass is 282 g/mol. The van der Waals surface area contributed by atoms with Crippen LogP contribution in [0.15, 0.2) is 29.2 Å². The van der Waals surface area contributed by atoms with Crippen molar-refractivity contribution in [1.29, 1.82) is 0 Å². The summed E-state index contributed by atoms with van der Waals surface area (Å²) < 4.78 is 32.7. The van der Waals surface area contributed by atoms with E-state index in [-0.39, 0.29) is 22.0 Å². The number of benzene rings is 1. The van der Waals surface area contributed by atoms with Gasteiger partial charge in [-0.3, -0.25) is 0 Å². The molecule has 2 fully saturated rings. The zero-order valence-corrected chi connectivity index (χ0v) is 11.4. The molecule has 0 radical (unpaired) electrons. The molecule has 5 nitrogen and oxygen atoms in total. The summed E-state index contributed by atoms with van der Waals surface area (Å²) in [4.78, 5) is 0.170. The van der Waals surface area contributed by atoms with Gasteiger partial charge < -0.3 is 10.5 Å². The highest BCUT2D eigenvalue weighted by Gasteiger charge is 2.55. The highest BCUT2D eigenvalue weighted by molar-refractivity contribution is 7.89. The van der Waals surface area contributed by atoms with Gasteiger partial charge in [-0.05, 0) is 36.8 Å². The van der Waals surface area contributed by atoms with Crippen LogP contribution in [0.25, 0.3) is 0 Å². The van der Waals surface area contributed by atoms with Gasteiger partial charge in [-0.1, -0.05) is 12.1 Å². The van der Waals surface area contributed by atoms with Crippen LogP contribution in [0, 0.1) is 5.41 Å². The minimum absolute atomic E-state index is 0.0287. The first-order valence-electron chi connectivity index (χ1n) is 6.48. The summed E-state index contributed by atoms with van der Waals surface area (Å²) >= 11 is 0. The molecule has 1 saturated heterocycles. The molecule has 1 aromatic rings. The number of rotatable bonds is 3. The van der Waals surface area contributed by atoms with Crippen LogP contribution in [0.4, 0.5) is 5.69 Å². The summed E-state index contributed by atoms with van der Waals surface area (Å²) in [5, 5.41) is 0. The zero-order valence-electron chi connectivity index (χ0n) is 10.6. The Morgan fingerprint density at radius 3 is 2.63 bits per heavy atom. The van der Waals surface area contributed by atoms with Crippen molar-refractivity contribution >= 4 is 15.7 Å². The summed E-state index contributed by atoms with van der Waals surface area (Å²) in [5.74, 6) is 0. The normalized spacial score (nSPS) is 25.4. The van der Waals surface area contributed by atoms with Crippen molar-refractivity contribution in [2.45, 2.75) is 30.2 Å². The molecular formula is C13H18N2O3S. The quantitative estimate of drug-likeness (QED) is 0.814. The third-order valence-corrected chi connectivity index (χ3v) is 5.73. The Bertz CT molecular complexity index is 579. The standard InChI is InChI=1S/C13H18N2O3S/c14-10-3-1-2-4-11(10)19(16,17)15-12-9-13(12)5-7-18-8-6-13/h1-4,12,15H,5-9,14H2. The number of hydrogen-bond donors (Lipinski definition) is 2. The van der Waals surface area contributed by atoms with Crippen LogP contribution in [-0.4, -0.2) is 27.7 Å². The molecule has 1 unspecified atom stereocenters. The van der Waals surface area contributed by atoms with E-state index in [1.54, 1.807) is 18.2 Å². The molecule has 0 bridgehead atoms. The topological polar surface area (TPSA) is 81.4 Å². The largest absolute Gasteiger partial charge is 0.398 e. The van der Waals surface area contributed by atoms with Gasteiger partial charge in [-0.15, -0.1) is 0 Å². The summed E-state index contributed by atoms with van der Waals surface area (Å²) in [6.45, 7) is 1.46. The highest BCUT2D eigenvalue weighted by Crippen LogP contribution is 2.54. The van der Waals surface area contributed by atoms with Crippen molar-refractivity contribution < 1.29 is 13.2 Å². The van der Waals surface area contributed by atoms with Gasteiger partial charge in [0.15, 0.2) is 0 Å². The second-order valence-electron chi connectivity index (χ2n) is 5.39. The maximum atomic E-state index is 12.3. The van der Waals surface area contributed by atoms with Crippen molar-refractivity contribution in [2.75, 3.05) is 18.9 Å². The fourth-order valence-corrected chi connectivity index (χ4v) is 4.29. The van der Waals surface area contributed by atoms with Crippen molar-refractivity contribution in [3.8, 4) is 0 Å². The lowest BCUT2D eigenvalue weighted by molar-refractivity contribution is 0.0553. The number of para-hydroxylation sites is 1. The highest BCUT2D eigenvalue weighted by atomic mass is 32.2. The molecule has 1 saturated carbocycles. The van der Waals surface area contributed by atoms with Crippen LogP contribution in [0.3, 0.4) is 0 Å².